The predicted octanol–water partition coefficient (Wildman–Crippen LogP) is 3.38. The van der Waals surface area contributed by atoms with E-state index < -0.39 is 6.04 Å². The van der Waals surface area contributed by atoms with Gasteiger partial charge in [0.2, 0.25) is 11.8 Å². The fourth-order valence-corrected chi connectivity index (χ4v) is 2.41. The summed E-state index contributed by atoms with van der Waals surface area (Å²) in [6, 6.07) is 10.4. The molecule has 0 fully saturated rings. The van der Waals surface area contributed by atoms with Crippen LogP contribution in [0, 0.1) is 5.92 Å². The Bertz CT molecular complexity index is 707. The lowest BCUT2D eigenvalue weighted by Crippen LogP contribution is -2.48. The van der Waals surface area contributed by atoms with Gasteiger partial charge in [-0.2, -0.15) is 0 Å². The van der Waals surface area contributed by atoms with Crippen LogP contribution in [0.5, 0.6) is 0 Å². The van der Waals surface area contributed by atoms with Gasteiger partial charge in [-0.3, -0.25) is 9.59 Å². The molecule has 5 nitrogen and oxygen atoms in total. The molecule has 1 aromatic heterocycles. The molecule has 2 amide bonds. The summed E-state index contributed by atoms with van der Waals surface area (Å²) in [6.45, 7) is 5.42. The average molecular weight is 349 g/mol. The van der Waals surface area contributed by atoms with E-state index in [2.05, 4.69) is 10.6 Å². The van der Waals surface area contributed by atoms with Gasteiger partial charge in [0.1, 0.15) is 17.6 Å². The molecular weight excluding hydrogens is 328 g/mol. The Labute approximate surface area is 146 Å². The third kappa shape index (κ3) is 4.86. The van der Waals surface area contributed by atoms with Crippen molar-refractivity contribution in [3.63, 3.8) is 0 Å². The van der Waals surface area contributed by atoms with Gasteiger partial charge in [0.15, 0.2) is 0 Å². The van der Waals surface area contributed by atoms with Gasteiger partial charge in [-0.25, -0.2) is 0 Å². The first kappa shape index (κ1) is 18.1. The summed E-state index contributed by atoms with van der Waals surface area (Å²) in [5.41, 5.74) is 0.912. The Balaban J connectivity index is 1.98. The third-order valence-electron chi connectivity index (χ3n) is 3.54. The zero-order valence-corrected chi connectivity index (χ0v) is 14.7. The first-order valence-electron chi connectivity index (χ1n) is 7.76. The normalized spacial score (nSPS) is 12.0. The highest BCUT2D eigenvalue weighted by atomic mass is 35.5. The summed E-state index contributed by atoms with van der Waals surface area (Å²) >= 11 is 5.87. The molecule has 0 saturated carbocycles. The van der Waals surface area contributed by atoms with Crippen LogP contribution in [-0.2, 0) is 16.1 Å². The minimum atomic E-state index is -0.562. The lowest BCUT2D eigenvalue weighted by Gasteiger charge is -2.20. The van der Waals surface area contributed by atoms with Crippen molar-refractivity contribution < 1.29 is 14.0 Å². The maximum Gasteiger partial charge on any atom is 0.243 e. The SMILES string of the molecule is CC(=O)N[C@@H](C(=O)NCc1ccc(-c2ccc(Cl)cc2)o1)C(C)C. The summed E-state index contributed by atoms with van der Waals surface area (Å²) in [7, 11) is 0. The average Bonchev–Trinajstić information content (AvgIpc) is 2.99. The van der Waals surface area contributed by atoms with Gasteiger partial charge >= 0.3 is 0 Å². The zero-order chi connectivity index (χ0) is 17.7. The Morgan fingerprint density at radius 3 is 2.38 bits per heavy atom. The summed E-state index contributed by atoms with van der Waals surface area (Å²) < 4.78 is 5.74. The van der Waals surface area contributed by atoms with Gasteiger partial charge < -0.3 is 15.1 Å². The largest absolute Gasteiger partial charge is 0.459 e. The van der Waals surface area contributed by atoms with E-state index in [9.17, 15) is 9.59 Å². The molecule has 128 valence electrons. The Hall–Kier alpha value is -2.27. The van der Waals surface area contributed by atoms with Gasteiger partial charge in [-0.05, 0) is 42.3 Å². The summed E-state index contributed by atoms with van der Waals surface area (Å²) in [5, 5.41) is 6.11. The molecule has 0 unspecified atom stereocenters. The first-order valence-corrected chi connectivity index (χ1v) is 8.14. The molecule has 1 aromatic carbocycles. The number of amides is 2. The fourth-order valence-electron chi connectivity index (χ4n) is 2.28. The highest BCUT2D eigenvalue weighted by Crippen LogP contribution is 2.23. The highest BCUT2D eigenvalue weighted by Gasteiger charge is 2.22. The van der Waals surface area contributed by atoms with Crippen molar-refractivity contribution in [2.24, 2.45) is 5.92 Å². The lowest BCUT2D eigenvalue weighted by molar-refractivity contribution is -0.129. The monoisotopic (exact) mass is 348 g/mol. The standard InChI is InChI=1S/C18H21ClN2O3/c1-11(2)17(21-12(3)22)18(23)20-10-15-8-9-16(24-15)13-4-6-14(19)7-5-13/h4-9,11,17H,10H2,1-3H3,(H,20,23)(H,21,22)/t17-/m1/s1. The van der Waals surface area contributed by atoms with Crippen molar-refractivity contribution in [2.75, 3.05) is 0 Å². The summed E-state index contributed by atoms with van der Waals surface area (Å²) in [6.07, 6.45) is 0. The first-order chi connectivity index (χ1) is 11.4. The van der Waals surface area contributed by atoms with Crippen LogP contribution in [-0.4, -0.2) is 17.9 Å². The molecule has 2 rings (SSSR count). The van der Waals surface area contributed by atoms with E-state index in [0.29, 0.717) is 16.5 Å². The van der Waals surface area contributed by atoms with Gasteiger partial charge in [0.05, 0.1) is 6.54 Å². The maximum absolute atomic E-state index is 12.2. The predicted molar refractivity (Wildman–Crippen MR) is 93.4 cm³/mol. The van der Waals surface area contributed by atoms with Gasteiger partial charge in [0.25, 0.3) is 0 Å². The molecule has 0 aliphatic rings. The molecular formula is C18H21ClN2O3. The molecule has 24 heavy (non-hydrogen) atoms. The van der Waals surface area contributed by atoms with Crippen molar-refractivity contribution in [2.45, 2.75) is 33.4 Å². The number of hydrogen-bond acceptors (Lipinski definition) is 3. The van der Waals surface area contributed by atoms with E-state index in [1.165, 1.54) is 6.92 Å². The molecule has 0 saturated heterocycles. The second kappa shape index (κ2) is 8.02. The fraction of sp³-hybridized carbons (Fsp3) is 0.333. The van der Waals surface area contributed by atoms with E-state index >= 15 is 0 Å². The quantitative estimate of drug-likeness (QED) is 0.840. The van der Waals surface area contributed by atoms with Crippen molar-refractivity contribution in [3.05, 3.63) is 47.2 Å². The second-order valence-corrected chi connectivity index (χ2v) is 6.35. The van der Waals surface area contributed by atoms with Crippen LogP contribution in [0.4, 0.5) is 0 Å². The molecule has 1 heterocycles. The number of hydrogen-bond donors (Lipinski definition) is 2. The van der Waals surface area contributed by atoms with Crippen LogP contribution in [0.15, 0.2) is 40.8 Å². The van der Waals surface area contributed by atoms with E-state index in [0.717, 1.165) is 5.56 Å². The molecule has 6 heteroatoms. The van der Waals surface area contributed by atoms with Gasteiger partial charge in [-0.15, -0.1) is 0 Å². The molecule has 2 N–H and O–H groups in total. The smallest absolute Gasteiger partial charge is 0.243 e. The molecule has 0 aliphatic carbocycles. The lowest BCUT2D eigenvalue weighted by atomic mass is 10.0. The molecule has 0 radical (unpaired) electrons. The van der Waals surface area contributed by atoms with E-state index in [1.54, 1.807) is 12.1 Å². The molecule has 0 spiro atoms. The number of furan rings is 1. The second-order valence-electron chi connectivity index (χ2n) is 5.91. The Kier molecular flexibility index (Phi) is 6.04. The number of carbonyl (C=O) groups is 2. The van der Waals surface area contributed by atoms with Crippen molar-refractivity contribution in [1.29, 1.82) is 0 Å². The molecule has 0 aliphatic heterocycles. The van der Waals surface area contributed by atoms with Crippen molar-refractivity contribution in [1.82, 2.24) is 10.6 Å². The molecule has 0 bridgehead atoms. The Morgan fingerprint density at radius 2 is 1.79 bits per heavy atom. The topological polar surface area (TPSA) is 71.3 Å². The highest BCUT2D eigenvalue weighted by molar-refractivity contribution is 6.30. The number of benzene rings is 1. The molecule has 2 aromatic rings. The number of nitrogens with one attached hydrogen (secondary N) is 2. The van der Waals surface area contributed by atoms with Crippen molar-refractivity contribution >= 4 is 23.4 Å². The van der Waals surface area contributed by atoms with Crippen LogP contribution < -0.4 is 10.6 Å². The number of rotatable bonds is 6. The summed E-state index contributed by atoms with van der Waals surface area (Å²) in [4.78, 5) is 23.4. The van der Waals surface area contributed by atoms with Crippen LogP contribution in [0.25, 0.3) is 11.3 Å². The van der Waals surface area contributed by atoms with Crippen LogP contribution >= 0.6 is 11.6 Å². The zero-order valence-electron chi connectivity index (χ0n) is 13.9. The number of carbonyl (C=O) groups excluding carboxylic acids is 2. The van der Waals surface area contributed by atoms with Crippen LogP contribution in [0.2, 0.25) is 5.02 Å². The Morgan fingerprint density at radius 1 is 1.12 bits per heavy atom. The van der Waals surface area contributed by atoms with Crippen LogP contribution in [0.3, 0.4) is 0 Å². The number of halogens is 1. The van der Waals surface area contributed by atoms with E-state index in [1.807, 2.05) is 38.1 Å². The maximum atomic E-state index is 12.2. The van der Waals surface area contributed by atoms with Crippen molar-refractivity contribution in [3.8, 4) is 11.3 Å². The van der Waals surface area contributed by atoms with E-state index in [4.69, 9.17) is 16.0 Å². The minimum Gasteiger partial charge on any atom is -0.459 e. The van der Waals surface area contributed by atoms with Crippen LogP contribution in [0.1, 0.15) is 26.5 Å². The van der Waals surface area contributed by atoms with E-state index in [-0.39, 0.29) is 24.3 Å². The minimum absolute atomic E-state index is 0.00451. The van der Waals surface area contributed by atoms with Gasteiger partial charge in [0, 0.05) is 17.5 Å². The molecule has 1 atom stereocenters. The summed E-state index contributed by atoms with van der Waals surface area (Å²) in [5.74, 6) is 0.878. The van der Waals surface area contributed by atoms with Gasteiger partial charge in [-0.1, -0.05) is 25.4 Å². The third-order valence-corrected chi connectivity index (χ3v) is 3.79.